The molecule has 0 aliphatic rings. The standard InChI is InChI=1S/C16H22FN3/c1-4-7-18-9-15-10-19-20(13(15)3)11-14-8-16(17)6-5-12(14)2/h5-6,8,10,18H,4,7,9,11H2,1-3H3. The van der Waals surface area contributed by atoms with Gasteiger partial charge in [0.25, 0.3) is 0 Å². The smallest absolute Gasteiger partial charge is 0.123 e. The van der Waals surface area contributed by atoms with Gasteiger partial charge in [-0.2, -0.15) is 5.10 Å². The van der Waals surface area contributed by atoms with Gasteiger partial charge in [-0.15, -0.1) is 0 Å². The molecule has 1 aromatic heterocycles. The van der Waals surface area contributed by atoms with Crippen molar-refractivity contribution in [1.82, 2.24) is 15.1 Å². The van der Waals surface area contributed by atoms with Gasteiger partial charge in [-0.1, -0.05) is 13.0 Å². The summed E-state index contributed by atoms with van der Waals surface area (Å²) in [6.07, 6.45) is 3.02. The van der Waals surface area contributed by atoms with Crippen LogP contribution in [0, 0.1) is 19.7 Å². The maximum absolute atomic E-state index is 13.3. The second kappa shape index (κ2) is 6.66. The van der Waals surface area contributed by atoms with Crippen LogP contribution < -0.4 is 5.32 Å². The van der Waals surface area contributed by atoms with E-state index in [0.29, 0.717) is 6.54 Å². The first-order valence-electron chi connectivity index (χ1n) is 7.09. The first-order valence-corrected chi connectivity index (χ1v) is 7.09. The number of aryl methyl sites for hydroxylation is 1. The summed E-state index contributed by atoms with van der Waals surface area (Å²) in [5.74, 6) is -0.194. The number of nitrogens with zero attached hydrogens (tertiary/aromatic N) is 2. The molecule has 0 saturated heterocycles. The van der Waals surface area contributed by atoms with Crippen LogP contribution >= 0.6 is 0 Å². The molecule has 1 heterocycles. The summed E-state index contributed by atoms with van der Waals surface area (Å²) in [6, 6.07) is 4.90. The molecule has 20 heavy (non-hydrogen) atoms. The van der Waals surface area contributed by atoms with Crippen molar-refractivity contribution in [2.24, 2.45) is 0 Å². The van der Waals surface area contributed by atoms with Crippen LogP contribution in [0.5, 0.6) is 0 Å². The maximum atomic E-state index is 13.3. The summed E-state index contributed by atoms with van der Waals surface area (Å²) < 4.78 is 15.3. The number of halogens is 1. The van der Waals surface area contributed by atoms with Crippen molar-refractivity contribution in [2.75, 3.05) is 6.54 Å². The Morgan fingerprint density at radius 2 is 2.05 bits per heavy atom. The SMILES string of the molecule is CCCNCc1cnn(Cc2cc(F)ccc2C)c1C. The molecular weight excluding hydrogens is 253 g/mol. The topological polar surface area (TPSA) is 29.9 Å². The Hall–Kier alpha value is -1.68. The van der Waals surface area contributed by atoms with Gasteiger partial charge >= 0.3 is 0 Å². The van der Waals surface area contributed by atoms with E-state index in [9.17, 15) is 4.39 Å². The molecule has 0 aliphatic carbocycles. The van der Waals surface area contributed by atoms with Gasteiger partial charge in [-0.05, 0) is 50.1 Å². The third-order valence-corrected chi connectivity index (χ3v) is 3.58. The molecule has 4 heteroatoms. The predicted molar refractivity (Wildman–Crippen MR) is 79.2 cm³/mol. The number of nitrogens with one attached hydrogen (secondary N) is 1. The lowest BCUT2D eigenvalue weighted by Gasteiger charge is -2.09. The largest absolute Gasteiger partial charge is 0.313 e. The van der Waals surface area contributed by atoms with E-state index in [2.05, 4.69) is 24.3 Å². The highest BCUT2D eigenvalue weighted by molar-refractivity contribution is 5.27. The van der Waals surface area contributed by atoms with Gasteiger partial charge in [0.1, 0.15) is 5.82 Å². The van der Waals surface area contributed by atoms with Crippen molar-refractivity contribution in [1.29, 1.82) is 0 Å². The quantitative estimate of drug-likeness (QED) is 0.821. The minimum Gasteiger partial charge on any atom is -0.313 e. The van der Waals surface area contributed by atoms with E-state index >= 15 is 0 Å². The lowest BCUT2D eigenvalue weighted by Crippen LogP contribution is -2.14. The molecule has 0 amide bonds. The molecule has 0 fully saturated rings. The van der Waals surface area contributed by atoms with Crippen LogP contribution in [0.15, 0.2) is 24.4 Å². The normalized spacial score (nSPS) is 11.0. The molecule has 0 aliphatic heterocycles. The van der Waals surface area contributed by atoms with Gasteiger partial charge in [0.05, 0.1) is 12.7 Å². The molecule has 0 radical (unpaired) electrons. The highest BCUT2D eigenvalue weighted by Crippen LogP contribution is 2.14. The minimum absolute atomic E-state index is 0.194. The van der Waals surface area contributed by atoms with E-state index in [1.54, 1.807) is 6.07 Å². The first-order chi connectivity index (χ1) is 9.61. The van der Waals surface area contributed by atoms with E-state index in [0.717, 1.165) is 36.3 Å². The van der Waals surface area contributed by atoms with Crippen LogP contribution in [0.4, 0.5) is 4.39 Å². The van der Waals surface area contributed by atoms with E-state index in [4.69, 9.17) is 0 Å². The monoisotopic (exact) mass is 275 g/mol. The third kappa shape index (κ3) is 3.45. The highest BCUT2D eigenvalue weighted by Gasteiger charge is 2.08. The van der Waals surface area contributed by atoms with Crippen LogP contribution in [0.25, 0.3) is 0 Å². The fourth-order valence-electron chi connectivity index (χ4n) is 2.19. The van der Waals surface area contributed by atoms with Crippen molar-refractivity contribution >= 4 is 0 Å². The van der Waals surface area contributed by atoms with Gasteiger partial charge in [-0.25, -0.2) is 4.39 Å². The molecule has 3 nitrogen and oxygen atoms in total. The maximum Gasteiger partial charge on any atom is 0.123 e. The Morgan fingerprint density at radius 3 is 2.80 bits per heavy atom. The summed E-state index contributed by atoms with van der Waals surface area (Å²) in [5, 5.41) is 7.79. The first kappa shape index (κ1) is 14.7. The Labute approximate surface area is 119 Å². The summed E-state index contributed by atoms with van der Waals surface area (Å²) in [7, 11) is 0. The highest BCUT2D eigenvalue weighted by atomic mass is 19.1. The zero-order valence-electron chi connectivity index (χ0n) is 12.4. The molecule has 108 valence electrons. The number of hydrogen-bond acceptors (Lipinski definition) is 2. The Morgan fingerprint density at radius 1 is 1.25 bits per heavy atom. The van der Waals surface area contributed by atoms with Gasteiger partial charge in [-0.3, -0.25) is 4.68 Å². The molecule has 0 saturated carbocycles. The molecule has 0 unspecified atom stereocenters. The zero-order valence-corrected chi connectivity index (χ0v) is 12.4. The van der Waals surface area contributed by atoms with E-state index in [1.165, 1.54) is 11.6 Å². The second-order valence-corrected chi connectivity index (χ2v) is 5.16. The summed E-state index contributed by atoms with van der Waals surface area (Å²) in [4.78, 5) is 0. The van der Waals surface area contributed by atoms with Crippen molar-refractivity contribution in [3.63, 3.8) is 0 Å². The zero-order chi connectivity index (χ0) is 14.5. The van der Waals surface area contributed by atoms with Crippen molar-refractivity contribution < 1.29 is 4.39 Å². The molecule has 1 N–H and O–H groups in total. The number of benzene rings is 1. The summed E-state index contributed by atoms with van der Waals surface area (Å²) in [5.41, 5.74) is 4.40. The molecule has 0 atom stereocenters. The van der Waals surface area contributed by atoms with Crippen LogP contribution in [0.1, 0.15) is 35.7 Å². The molecule has 0 bridgehead atoms. The van der Waals surface area contributed by atoms with Crippen LogP contribution in [0.3, 0.4) is 0 Å². The summed E-state index contributed by atoms with van der Waals surface area (Å²) in [6.45, 7) is 8.66. The Bertz CT molecular complexity index is 575. The van der Waals surface area contributed by atoms with E-state index < -0.39 is 0 Å². The average Bonchev–Trinajstić information content (AvgIpc) is 2.76. The molecular formula is C16H22FN3. The van der Waals surface area contributed by atoms with Crippen LogP contribution in [0.2, 0.25) is 0 Å². The van der Waals surface area contributed by atoms with Crippen molar-refractivity contribution in [3.8, 4) is 0 Å². The van der Waals surface area contributed by atoms with Gasteiger partial charge in [0.15, 0.2) is 0 Å². The van der Waals surface area contributed by atoms with Crippen LogP contribution in [-0.2, 0) is 13.1 Å². The fraction of sp³-hybridized carbons (Fsp3) is 0.438. The van der Waals surface area contributed by atoms with Gasteiger partial charge < -0.3 is 5.32 Å². The van der Waals surface area contributed by atoms with E-state index in [1.807, 2.05) is 23.9 Å². The van der Waals surface area contributed by atoms with Gasteiger partial charge in [0, 0.05) is 17.8 Å². The summed E-state index contributed by atoms with van der Waals surface area (Å²) >= 11 is 0. The Kier molecular flexibility index (Phi) is 4.90. The predicted octanol–water partition coefficient (Wildman–Crippen LogP) is 3.19. The number of aromatic nitrogens is 2. The van der Waals surface area contributed by atoms with Crippen molar-refractivity contribution in [2.45, 2.75) is 40.3 Å². The van der Waals surface area contributed by atoms with Gasteiger partial charge in [0.2, 0.25) is 0 Å². The molecule has 1 aromatic carbocycles. The lowest BCUT2D eigenvalue weighted by molar-refractivity contribution is 0.614. The Balaban J connectivity index is 2.12. The average molecular weight is 275 g/mol. The van der Waals surface area contributed by atoms with E-state index in [-0.39, 0.29) is 5.82 Å². The minimum atomic E-state index is -0.194. The third-order valence-electron chi connectivity index (χ3n) is 3.58. The van der Waals surface area contributed by atoms with Crippen LogP contribution in [-0.4, -0.2) is 16.3 Å². The molecule has 2 rings (SSSR count). The number of hydrogen-bond donors (Lipinski definition) is 1. The lowest BCUT2D eigenvalue weighted by atomic mass is 10.1. The molecule has 2 aromatic rings. The fourth-order valence-corrected chi connectivity index (χ4v) is 2.19. The van der Waals surface area contributed by atoms with Crippen molar-refractivity contribution in [3.05, 3.63) is 52.6 Å². The molecule has 0 spiro atoms. The second-order valence-electron chi connectivity index (χ2n) is 5.16. The number of rotatable bonds is 6.